The van der Waals surface area contributed by atoms with Crippen molar-refractivity contribution in [3.8, 4) is 16.9 Å². The molecule has 0 bridgehead atoms. The fourth-order valence-corrected chi connectivity index (χ4v) is 5.77. The summed E-state index contributed by atoms with van der Waals surface area (Å²) >= 11 is 0. The molecular weight excluding hydrogens is 723 g/mol. The number of benzene rings is 3. The molecule has 284 valence electrons. The highest BCUT2D eigenvalue weighted by Gasteiger charge is 2.65. The van der Waals surface area contributed by atoms with Crippen LogP contribution in [0.3, 0.4) is 0 Å². The van der Waals surface area contributed by atoms with Crippen LogP contribution in [0, 0.1) is 10.1 Å². The maximum atomic E-state index is 13.5. The van der Waals surface area contributed by atoms with E-state index in [4.69, 9.17) is 23.7 Å². The molecule has 1 heterocycles. The lowest BCUT2D eigenvalue weighted by Crippen LogP contribution is -2.45. The average molecular weight is 761 g/mol. The van der Waals surface area contributed by atoms with Crippen molar-refractivity contribution in [1.82, 2.24) is 4.90 Å². The van der Waals surface area contributed by atoms with E-state index in [0.717, 1.165) is 36.4 Å². The summed E-state index contributed by atoms with van der Waals surface area (Å²) in [7, 11) is -9.86. The van der Waals surface area contributed by atoms with E-state index in [0.29, 0.717) is 23.3 Å². The molecule has 0 aliphatic carbocycles. The minimum absolute atomic E-state index is 0.0493. The van der Waals surface area contributed by atoms with Crippen LogP contribution in [-0.2, 0) is 25.4 Å². The van der Waals surface area contributed by atoms with Gasteiger partial charge < -0.3 is 23.7 Å². The van der Waals surface area contributed by atoms with Crippen LogP contribution in [0.2, 0.25) is 0 Å². The molecular formula is C34H37F5N2O10S. The molecule has 0 N–H and O–H groups in total. The molecule has 0 unspecified atom stereocenters. The molecule has 3 aromatic carbocycles. The molecule has 1 aliphatic heterocycles. The number of ether oxygens (including phenoxy) is 5. The van der Waals surface area contributed by atoms with E-state index in [1.807, 2.05) is 0 Å². The second-order valence-electron chi connectivity index (χ2n) is 13.9. The second-order valence-corrected chi connectivity index (χ2v) is 16.3. The number of rotatable bonds is 8. The van der Waals surface area contributed by atoms with E-state index in [1.54, 1.807) is 53.7 Å². The van der Waals surface area contributed by atoms with Crippen LogP contribution in [0.1, 0.15) is 47.1 Å². The first-order chi connectivity index (χ1) is 23.7. The van der Waals surface area contributed by atoms with E-state index in [2.05, 4.69) is 0 Å². The number of hydrogen-bond acceptors (Lipinski definition) is 10. The van der Waals surface area contributed by atoms with Gasteiger partial charge in [-0.1, -0.05) is 55.8 Å². The molecule has 1 aliphatic rings. The Morgan fingerprint density at radius 3 is 1.77 bits per heavy atom. The second kappa shape index (κ2) is 13.4. The molecule has 3 atom stereocenters. The SMILES string of the molecule is CC(C)(C)OC(=O)O[C@H]1CN(C(=O)OC(C)(C)C)[C@H](Cc2ccc(-c3ccc(S(F)(F)(F)(F)F)cc3)cc2)[C@@H]1OC(=O)Oc1ccc([N+](=O)[O-])cc1. The first-order valence-electron chi connectivity index (χ1n) is 15.6. The van der Waals surface area contributed by atoms with Gasteiger partial charge in [-0.15, -0.1) is 0 Å². The van der Waals surface area contributed by atoms with Crippen molar-refractivity contribution in [3.05, 3.63) is 88.5 Å². The molecule has 0 spiro atoms. The Balaban J connectivity index is 1.65. The zero-order chi connectivity index (χ0) is 38.9. The van der Waals surface area contributed by atoms with Crippen molar-refractivity contribution in [2.45, 2.75) is 82.3 Å². The largest absolute Gasteiger partial charge is 0.514 e. The summed E-state index contributed by atoms with van der Waals surface area (Å²) in [6, 6.07) is 12.1. The van der Waals surface area contributed by atoms with Crippen LogP contribution in [-0.4, -0.2) is 64.2 Å². The molecule has 0 radical (unpaired) electrons. The van der Waals surface area contributed by atoms with Gasteiger partial charge in [0, 0.05) is 12.1 Å². The number of likely N-dealkylation sites (tertiary alicyclic amines) is 1. The Morgan fingerprint density at radius 2 is 1.29 bits per heavy atom. The van der Waals surface area contributed by atoms with Gasteiger partial charge >= 0.3 is 28.6 Å². The zero-order valence-electron chi connectivity index (χ0n) is 28.8. The monoisotopic (exact) mass is 760 g/mol. The summed E-state index contributed by atoms with van der Waals surface area (Å²) in [5.41, 5.74) is -1.08. The van der Waals surface area contributed by atoms with Crippen LogP contribution in [0.15, 0.2) is 77.7 Å². The number of nitro groups is 1. The number of nitro benzene ring substituents is 1. The van der Waals surface area contributed by atoms with E-state index >= 15 is 0 Å². The maximum absolute atomic E-state index is 13.5. The number of amides is 1. The summed E-state index contributed by atoms with van der Waals surface area (Å²) in [6.45, 7) is 9.36. The van der Waals surface area contributed by atoms with Gasteiger partial charge in [-0.2, -0.15) is 0 Å². The lowest BCUT2D eigenvalue weighted by Gasteiger charge is -2.40. The highest BCUT2D eigenvalue weighted by molar-refractivity contribution is 8.45. The Hall–Kier alpha value is -5.13. The van der Waals surface area contributed by atoms with Crippen LogP contribution < -0.4 is 4.74 Å². The van der Waals surface area contributed by atoms with Gasteiger partial charge in [0.15, 0.2) is 12.2 Å². The standard InChI is InChI=1S/C34H37F5N2O10S/c1-33(2,3)50-30(42)40-20-28(48-32(44)51-34(4,5)6)29(49-31(43)47-25-15-13-24(14-16-25)41(45)46)27(40)19-21-7-9-22(10-8-21)23-11-17-26(18-12-23)52(35,36,37,38)39/h7-18,27-29H,19-20H2,1-6H3/t27-,28+,29+/m1/s1. The third kappa shape index (κ3) is 10.9. The molecule has 3 aromatic rings. The molecule has 4 rings (SSSR count). The van der Waals surface area contributed by atoms with Crippen molar-refractivity contribution in [2.75, 3.05) is 6.54 Å². The van der Waals surface area contributed by atoms with Crippen LogP contribution in [0.5, 0.6) is 5.75 Å². The minimum atomic E-state index is -9.86. The molecule has 1 amide bonds. The summed E-state index contributed by atoms with van der Waals surface area (Å²) < 4.78 is 93.3. The first kappa shape index (κ1) is 39.7. The van der Waals surface area contributed by atoms with Gasteiger partial charge in [-0.3, -0.25) is 15.0 Å². The van der Waals surface area contributed by atoms with Crippen LogP contribution in [0.4, 0.5) is 39.5 Å². The van der Waals surface area contributed by atoms with Crippen molar-refractivity contribution >= 4 is 34.3 Å². The van der Waals surface area contributed by atoms with Gasteiger partial charge in [0.1, 0.15) is 21.8 Å². The summed E-state index contributed by atoms with van der Waals surface area (Å²) in [6.07, 6.45) is -6.00. The summed E-state index contributed by atoms with van der Waals surface area (Å²) in [5, 5.41) is 11.0. The Kier molecular flexibility index (Phi) is 10.3. The quantitative estimate of drug-likeness (QED) is 0.0543. The predicted octanol–water partition coefficient (Wildman–Crippen LogP) is 9.99. The minimum Gasteiger partial charge on any atom is -0.444 e. The van der Waals surface area contributed by atoms with E-state index < -0.39 is 67.9 Å². The normalized spacial score (nSPS) is 19.1. The fourth-order valence-electron chi connectivity index (χ4n) is 5.12. The molecule has 1 fully saturated rings. The van der Waals surface area contributed by atoms with Gasteiger partial charge in [-0.05, 0) is 88.9 Å². The molecule has 12 nitrogen and oxygen atoms in total. The van der Waals surface area contributed by atoms with E-state index in [1.165, 1.54) is 17.0 Å². The predicted molar refractivity (Wildman–Crippen MR) is 179 cm³/mol. The fraction of sp³-hybridized carbons (Fsp3) is 0.382. The highest BCUT2D eigenvalue weighted by Crippen LogP contribution is 3.02. The molecule has 18 heteroatoms. The van der Waals surface area contributed by atoms with Crippen LogP contribution >= 0.6 is 10.2 Å². The van der Waals surface area contributed by atoms with E-state index in [9.17, 15) is 43.9 Å². The lowest BCUT2D eigenvalue weighted by molar-refractivity contribution is -0.384. The topological polar surface area (TPSA) is 144 Å². The number of nitrogens with zero attached hydrogens (tertiary/aromatic N) is 2. The Labute approximate surface area is 295 Å². The zero-order valence-corrected chi connectivity index (χ0v) is 29.7. The third-order valence-corrected chi connectivity index (χ3v) is 8.46. The molecule has 0 saturated carbocycles. The summed E-state index contributed by atoms with van der Waals surface area (Å²) in [4.78, 5) is 48.9. The van der Waals surface area contributed by atoms with E-state index in [-0.39, 0.29) is 30.0 Å². The summed E-state index contributed by atoms with van der Waals surface area (Å²) in [5.74, 6) is -0.108. The van der Waals surface area contributed by atoms with Crippen molar-refractivity contribution < 1.29 is 62.4 Å². The smallest absolute Gasteiger partial charge is 0.444 e. The Morgan fingerprint density at radius 1 is 0.769 bits per heavy atom. The lowest BCUT2D eigenvalue weighted by atomic mass is 9.98. The maximum Gasteiger partial charge on any atom is 0.514 e. The van der Waals surface area contributed by atoms with Gasteiger partial charge in [0.25, 0.3) is 5.69 Å². The van der Waals surface area contributed by atoms with Gasteiger partial charge in [-0.25, -0.2) is 14.4 Å². The number of carbonyl (C=O) groups is 3. The first-order valence-corrected chi connectivity index (χ1v) is 17.6. The van der Waals surface area contributed by atoms with Gasteiger partial charge in [0.2, 0.25) is 0 Å². The number of non-ortho nitro benzene ring substituents is 1. The Bertz CT molecular complexity index is 1810. The molecule has 52 heavy (non-hydrogen) atoms. The van der Waals surface area contributed by atoms with Crippen molar-refractivity contribution in [1.29, 1.82) is 0 Å². The highest BCUT2D eigenvalue weighted by atomic mass is 32.5. The van der Waals surface area contributed by atoms with Crippen LogP contribution in [0.25, 0.3) is 11.1 Å². The number of carbonyl (C=O) groups excluding carboxylic acids is 3. The number of halogens is 5. The molecule has 1 saturated heterocycles. The third-order valence-electron chi connectivity index (χ3n) is 7.30. The average Bonchev–Trinajstić information content (AvgIpc) is 3.30. The van der Waals surface area contributed by atoms with Crippen molar-refractivity contribution in [3.63, 3.8) is 0 Å². The number of hydrogen-bond donors (Lipinski definition) is 0. The van der Waals surface area contributed by atoms with Crippen molar-refractivity contribution in [2.24, 2.45) is 0 Å². The molecule has 0 aromatic heterocycles. The van der Waals surface area contributed by atoms with Gasteiger partial charge in [0.05, 0.1) is 17.5 Å².